The molecule has 0 saturated carbocycles. The number of rotatable bonds is 4. The molecule has 0 radical (unpaired) electrons. The van der Waals surface area contributed by atoms with Crippen molar-refractivity contribution >= 4 is 21.8 Å². The summed E-state index contributed by atoms with van der Waals surface area (Å²) in [6.07, 6.45) is 3.84. The highest BCUT2D eigenvalue weighted by Gasteiger charge is 2.33. The van der Waals surface area contributed by atoms with Crippen molar-refractivity contribution in [3.8, 4) is 33.9 Å². The van der Waals surface area contributed by atoms with Crippen LogP contribution in [0.15, 0.2) is 109 Å². The Morgan fingerprint density at radius 1 is 0.614 bits per heavy atom. The Hall–Kier alpha value is -4.90. The zero-order valence-corrected chi connectivity index (χ0v) is 26.6. The van der Waals surface area contributed by atoms with Crippen LogP contribution in [0.3, 0.4) is 0 Å². The molecule has 3 aromatic heterocycles. The molecule has 3 heterocycles. The summed E-state index contributed by atoms with van der Waals surface area (Å²) >= 11 is 0. The first-order valence-electron chi connectivity index (χ1n) is 15.3. The fraction of sp³-hybridized carbons (Fsp3) is 0.231. The fourth-order valence-electron chi connectivity index (χ4n) is 6.50. The molecular formula is C39H39N5. The van der Waals surface area contributed by atoms with Crippen LogP contribution in [0, 0.1) is 0 Å². The van der Waals surface area contributed by atoms with Gasteiger partial charge in [0.05, 0.1) is 28.1 Å². The van der Waals surface area contributed by atoms with E-state index in [0.29, 0.717) is 0 Å². The molecule has 0 fully saturated rings. The number of fused-ring (bicyclic) bond motifs is 3. The highest BCUT2D eigenvalue weighted by molar-refractivity contribution is 6.09. The van der Waals surface area contributed by atoms with Crippen molar-refractivity contribution in [2.75, 3.05) is 0 Å². The van der Waals surface area contributed by atoms with Gasteiger partial charge in [-0.05, 0) is 35.9 Å². The van der Waals surface area contributed by atoms with Gasteiger partial charge < -0.3 is 9.13 Å². The van der Waals surface area contributed by atoms with Crippen molar-refractivity contribution in [3.63, 3.8) is 0 Å². The molecule has 0 aliphatic heterocycles. The Labute approximate surface area is 259 Å². The molecule has 0 spiro atoms. The van der Waals surface area contributed by atoms with E-state index in [1.165, 1.54) is 33.1 Å². The molecule has 0 amide bonds. The highest BCUT2D eigenvalue weighted by Crippen LogP contribution is 2.42. The van der Waals surface area contributed by atoms with E-state index < -0.39 is 0 Å². The quantitative estimate of drug-likeness (QED) is 0.209. The molecule has 5 nitrogen and oxygen atoms in total. The lowest BCUT2D eigenvalue weighted by Crippen LogP contribution is -2.18. The Morgan fingerprint density at radius 3 is 2.02 bits per heavy atom. The summed E-state index contributed by atoms with van der Waals surface area (Å²) in [4.78, 5) is 4.62. The van der Waals surface area contributed by atoms with Crippen molar-refractivity contribution in [3.05, 3.63) is 121 Å². The number of aromatic nitrogens is 5. The first-order chi connectivity index (χ1) is 21.0. The van der Waals surface area contributed by atoms with Gasteiger partial charge in [-0.1, -0.05) is 108 Å². The second kappa shape index (κ2) is 10.1. The van der Waals surface area contributed by atoms with Gasteiger partial charge in [0.2, 0.25) is 0 Å². The van der Waals surface area contributed by atoms with E-state index >= 15 is 0 Å². The molecule has 7 aromatic rings. The van der Waals surface area contributed by atoms with Crippen LogP contribution in [0.5, 0.6) is 0 Å². The summed E-state index contributed by atoms with van der Waals surface area (Å²) in [6.45, 7) is 13.6. The number of nitrogens with zero attached hydrogens (tertiary/aromatic N) is 5. The average molecular weight is 578 g/mol. The Balaban J connectivity index is 1.52. The van der Waals surface area contributed by atoms with Crippen LogP contribution in [0.25, 0.3) is 55.7 Å². The summed E-state index contributed by atoms with van der Waals surface area (Å²) in [6, 6.07) is 34.9. The molecule has 44 heavy (non-hydrogen) atoms. The number of para-hydroxylation sites is 1. The van der Waals surface area contributed by atoms with Gasteiger partial charge >= 0.3 is 0 Å². The maximum atomic E-state index is 5.41. The monoisotopic (exact) mass is 577 g/mol. The number of aryl methyl sites for hydroxylation is 1. The van der Waals surface area contributed by atoms with Crippen LogP contribution in [0.4, 0.5) is 0 Å². The van der Waals surface area contributed by atoms with E-state index in [2.05, 4.69) is 157 Å². The maximum Gasteiger partial charge on any atom is 0.139 e. The molecular weight excluding hydrogens is 538 g/mol. The van der Waals surface area contributed by atoms with E-state index in [1.54, 1.807) is 0 Å². The summed E-state index contributed by atoms with van der Waals surface area (Å²) in [5.41, 5.74) is 10.0. The van der Waals surface area contributed by atoms with E-state index in [0.717, 1.165) is 34.0 Å². The van der Waals surface area contributed by atoms with E-state index in [4.69, 9.17) is 5.10 Å². The second-order valence-corrected chi connectivity index (χ2v) is 13.8. The average Bonchev–Trinajstić information content (AvgIpc) is 3.71. The van der Waals surface area contributed by atoms with Gasteiger partial charge in [-0.15, -0.1) is 0 Å². The van der Waals surface area contributed by atoms with Gasteiger partial charge in [-0.3, -0.25) is 0 Å². The van der Waals surface area contributed by atoms with Crippen molar-refractivity contribution in [2.24, 2.45) is 7.05 Å². The third-order valence-corrected chi connectivity index (χ3v) is 8.45. The van der Waals surface area contributed by atoms with E-state index in [9.17, 15) is 0 Å². The number of benzene rings is 4. The molecule has 0 aliphatic rings. The largest absolute Gasteiger partial charge is 0.334 e. The summed E-state index contributed by atoms with van der Waals surface area (Å²) in [5.74, 6) is 0.947. The van der Waals surface area contributed by atoms with Crippen LogP contribution in [-0.2, 0) is 17.9 Å². The van der Waals surface area contributed by atoms with E-state index in [1.807, 2.05) is 19.4 Å². The topological polar surface area (TPSA) is 40.6 Å². The van der Waals surface area contributed by atoms with Crippen LogP contribution < -0.4 is 0 Å². The zero-order valence-electron chi connectivity index (χ0n) is 26.6. The summed E-state index contributed by atoms with van der Waals surface area (Å²) in [7, 11) is 2.04. The van der Waals surface area contributed by atoms with Crippen LogP contribution in [0.1, 0.15) is 52.9 Å². The number of hydrogen-bond acceptors (Lipinski definition) is 2. The zero-order chi connectivity index (χ0) is 30.8. The van der Waals surface area contributed by atoms with Crippen molar-refractivity contribution in [1.82, 2.24) is 23.9 Å². The fourth-order valence-corrected chi connectivity index (χ4v) is 6.50. The first kappa shape index (κ1) is 27.9. The predicted molar refractivity (Wildman–Crippen MR) is 183 cm³/mol. The van der Waals surface area contributed by atoms with Gasteiger partial charge in [0, 0.05) is 57.9 Å². The molecule has 0 atom stereocenters. The lowest BCUT2D eigenvalue weighted by Gasteiger charge is -2.24. The molecule has 0 N–H and O–H groups in total. The third-order valence-electron chi connectivity index (χ3n) is 8.45. The minimum Gasteiger partial charge on any atom is -0.334 e. The van der Waals surface area contributed by atoms with Crippen LogP contribution in [-0.4, -0.2) is 23.9 Å². The Kier molecular flexibility index (Phi) is 6.40. The molecule has 7 rings (SSSR count). The summed E-state index contributed by atoms with van der Waals surface area (Å²) in [5, 5.41) is 7.86. The Morgan fingerprint density at radius 2 is 1.32 bits per heavy atom. The molecule has 0 unspecified atom stereocenters. The lowest BCUT2D eigenvalue weighted by molar-refractivity contribution is 0.537. The Bertz CT molecular complexity index is 2140. The van der Waals surface area contributed by atoms with Gasteiger partial charge in [0.15, 0.2) is 0 Å². The molecule has 0 saturated heterocycles. The van der Waals surface area contributed by atoms with Crippen molar-refractivity contribution in [1.29, 1.82) is 0 Å². The van der Waals surface area contributed by atoms with E-state index in [-0.39, 0.29) is 10.8 Å². The van der Waals surface area contributed by atoms with Crippen LogP contribution in [0.2, 0.25) is 0 Å². The lowest BCUT2D eigenvalue weighted by atomic mass is 9.81. The number of imidazole rings is 1. The minimum atomic E-state index is -0.153. The van der Waals surface area contributed by atoms with Gasteiger partial charge in [0.25, 0.3) is 0 Å². The molecule has 5 heteroatoms. The normalized spacial score (nSPS) is 12.4. The second-order valence-electron chi connectivity index (χ2n) is 13.8. The molecule has 220 valence electrons. The first-order valence-corrected chi connectivity index (χ1v) is 15.3. The minimum absolute atomic E-state index is 0.138. The third kappa shape index (κ3) is 4.55. The van der Waals surface area contributed by atoms with Gasteiger partial charge in [-0.25, -0.2) is 9.67 Å². The maximum absolute atomic E-state index is 5.41. The van der Waals surface area contributed by atoms with Crippen molar-refractivity contribution in [2.45, 2.75) is 52.4 Å². The predicted octanol–water partition coefficient (Wildman–Crippen LogP) is 9.63. The highest BCUT2D eigenvalue weighted by atomic mass is 15.3. The SMILES string of the molecule is Cn1ccnc1-c1cccc(-n2c3ccccc3c3ccc(-n4nc(C(C)(C)C)c(-c5ccccc5)c4C(C)(C)C)cc32)c1. The molecule has 4 aromatic carbocycles. The van der Waals surface area contributed by atoms with Crippen molar-refractivity contribution < 1.29 is 0 Å². The van der Waals surface area contributed by atoms with Crippen LogP contribution >= 0.6 is 0 Å². The number of hydrogen-bond donors (Lipinski definition) is 0. The van der Waals surface area contributed by atoms with Gasteiger partial charge in [0.1, 0.15) is 5.82 Å². The molecule has 0 aliphatic carbocycles. The smallest absolute Gasteiger partial charge is 0.139 e. The summed E-state index contributed by atoms with van der Waals surface area (Å²) < 4.78 is 6.64. The van der Waals surface area contributed by atoms with Gasteiger partial charge in [-0.2, -0.15) is 5.10 Å². The molecule has 0 bridgehead atoms. The standard InChI is InChI=1S/C39H39N5/c1-38(2,3)35-34(26-14-9-8-10-15-26)36(39(4,5)6)44(41-35)29-20-21-31-30-18-11-12-19-32(30)43(33(31)25-29)28-17-13-16-27(24-28)37-40-22-23-42(37)7/h8-25H,1-7H3.